The third-order valence-electron chi connectivity index (χ3n) is 5.36. The molecule has 2 aromatic heterocycles. The van der Waals surface area contributed by atoms with Crippen molar-refractivity contribution in [2.75, 3.05) is 25.3 Å². The van der Waals surface area contributed by atoms with Gasteiger partial charge < -0.3 is 14.8 Å². The molecule has 0 unspecified atom stereocenters. The molecule has 0 fully saturated rings. The Labute approximate surface area is 215 Å². The number of carbonyl (C=O) groups excluding carboxylic acids is 3. The van der Waals surface area contributed by atoms with Crippen molar-refractivity contribution in [2.24, 2.45) is 0 Å². The highest BCUT2D eigenvalue weighted by atomic mass is 32.2. The van der Waals surface area contributed by atoms with E-state index in [2.05, 4.69) is 33.0 Å². The number of thiophene rings is 1. The van der Waals surface area contributed by atoms with Gasteiger partial charge >= 0.3 is 11.9 Å². The maximum atomic E-state index is 12.8. The molecular formula is C25H24N4O5S2. The van der Waals surface area contributed by atoms with Crippen LogP contribution >= 0.6 is 23.1 Å². The fraction of sp³-hybridized carbons (Fsp3) is 0.240. The smallest absolute Gasteiger partial charge is 0.339 e. The van der Waals surface area contributed by atoms with Gasteiger partial charge in [-0.1, -0.05) is 30.0 Å². The van der Waals surface area contributed by atoms with Gasteiger partial charge in [0.25, 0.3) is 0 Å². The van der Waals surface area contributed by atoms with Gasteiger partial charge in [-0.15, -0.1) is 21.5 Å². The number of fused-ring (bicyclic) bond motifs is 1. The van der Waals surface area contributed by atoms with Crippen molar-refractivity contribution in [3.8, 4) is 11.4 Å². The maximum Gasteiger partial charge on any atom is 0.339 e. The van der Waals surface area contributed by atoms with Gasteiger partial charge in [-0.2, -0.15) is 0 Å². The number of thioether (sulfide) groups is 1. The van der Waals surface area contributed by atoms with Crippen LogP contribution in [0.1, 0.15) is 40.6 Å². The Morgan fingerprint density at radius 2 is 1.81 bits per heavy atom. The number of esters is 2. The molecule has 0 aliphatic heterocycles. The molecule has 0 saturated carbocycles. The van der Waals surface area contributed by atoms with Gasteiger partial charge in [0.15, 0.2) is 11.0 Å². The summed E-state index contributed by atoms with van der Waals surface area (Å²) in [4.78, 5) is 36.9. The summed E-state index contributed by atoms with van der Waals surface area (Å²) in [6.07, 6.45) is 0. The molecular weight excluding hydrogens is 500 g/mol. The van der Waals surface area contributed by atoms with E-state index >= 15 is 0 Å². The summed E-state index contributed by atoms with van der Waals surface area (Å²) < 4.78 is 12.7. The zero-order valence-electron chi connectivity index (χ0n) is 20.1. The van der Waals surface area contributed by atoms with Crippen LogP contribution in [0.4, 0.5) is 5.69 Å². The zero-order chi connectivity index (χ0) is 25.8. The topological polar surface area (TPSA) is 112 Å². The van der Waals surface area contributed by atoms with Crippen LogP contribution in [-0.4, -0.2) is 52.6 Å². The van der Waals surface area contributed by atoms with Crippen LogP contribution in [0.3, 0.4) is 0 Å². The van der Waals surface area contributed by atoms with E-state index in [0.29, 0.717) is 5.16 Å². The minimum atomic E-state index is -0.637. The average Bonchev–Trinajstić information content (AvgIpc) is 3.50. The highest BCUT2D eigenvalue weighted by molar-refractivity contribution is 7.99. The predicted molar refractivity (Wildman–Crippen MR) is 140 cm³/mol. The second kappa shape index (κ2) is 10.9. The molecule has 2 heterocycles. The number of nitrogens with zero attached hydrogens (tertiary/aromatic N) is 3. The first-order valence-electron chi connectivity index (χ1n) is 11.0. The maximum absolute atomic E-state index is 12.8. The minimum Gasteiger partial charge on any atom is -0.465 e. The predicted octanol–water partition coefficient (Wildman–Crippen LogP) is 5.04. The number of anilines is 1. The molecule has 186 valence electrons. The Morgan fingerprint density at radius 1 is 1.06 bits per heavy atom. The molecule has 1 amide bonds. The highest BCUT2D eigenvalue weighted by Crippen LogP contribution is 2.35. The number of methoxy groups -OCH3 is 2. The second-order valence-electron chi connectivity index (χ2n) is 8.00. The Hall–Kier alpha value is -3.70. The monoisotopic (exact) mass is 524 g/mol. The number of carbonyl (C=O) groups is 3. The number of hydrogen-bond acceptors (Lipinski definition) is 9. The van der Waals surface area contributed by atoms with E-state index in [4.69, 9.17) is 9.47 Å². The number of rotatable bonds is 8. The van der Waals surface area contributed by atoms with Crippen LogP contribution in [-0.2, 0) is 14.3 Å². The molecule has 11 heteroatoms. The number of ether oxygens (including phenoxy) is 2. The van der Waals surface area contributed by atoms with Crippen LogP contribution in [0.15, 0.2) is 53.0 Å². The summed E-state index contributed by atoms with van der Waals surface area (Å²) in [5.41, 5.74) is 1.47. The summed E-state index contributed by atoms with van der Waals surface area (Å²) in [6.45, 7) is 4.07. The third-order valence-corrected chi connectivity index (χ3v) is 7.26. The molecule has 0 atom stereocenters. The van der Waals surface area contributed by atoms with Gasteiger partial charge in [0.1, 0.15) is 0 Å². The fourth-order valence-electron chi connectivity index (χ4n) is 3.67. The van der Waals surface area contributed by atoms with Gasteiger partial charge in [-0.3, -0.25) is 9.36 Å². The van der Waals surface area contributed by atoms with Gasteiger partial charge in [-0.25, -0.2) is 9.59 Å². The first-order valence-corrected chi connectivity index (χ1v) is 12.8. The highest BCUT2D eigenvalue weighted by Gasteiger charge is 2.21. The lowest BCUT2D eigenvalue weighted by atomic mass is 10.1. The Morgan fingerprint density at radius 3 is 2.53 bits per heavy atom. The van der Waals surface area contributed by atoms with Gasteiger partial charge in [0.2, 0.25) is 5.91 Å². The Bertz CT molecular complexity index is 1440. The molecule has 0 aliphatic rings. The van der Waals surface area contributed by atoms with E-state index < -0.39 is 11.9 Å². The zero-order valence-corrected chi connectivity index (χ0v) is 21.7. The molecule has 0 bridgehead atoms. The lowest BCUT2D eigenvalue weighted by Crippen LogP contribution is -2.18. The van der Waals surface area contributed by atoms with E-state index in [1.54, 1.807) is 11.3 Å². The number of benzene rings is 2. The molecule has 0 spiro atoms. The van der Waals surface area contributed by atoms with E-state index in [-0.39, 0.29) is 34.5 Å². The van der Waals surface area contributed by atoms with E-state index in [9.17, 15) is 14.4 Å². The number of amides is 1. The van der Waals surface area contributed by atoms with Crippen LogP contribution in [0.25, 0.3) is 21.5 Å². The SMILES string of the molecule is COC(=O)c1ccc(C(=O)OC)c(NC(=O)CSc2nnc(-c3csc4ccccc34)n2C(C)C)c1. The van der Waals surface area contributed by atoms with Crippen molar-refractivity contribution in [1.82, 2.24) is 14.8 Å². The molecule has 0 aliphatic carbocycles. The van der Waals surface area contributed by atoms with Crippen LogP contribution in [0.2, 0.25) is 0 Å². The van der Waals surface area contributed by atoms with E-state index in [0.717, 1.165) is 21.5 Å². The first kappa shape index (κ1) is 25.4. The van der Waals surface area contributed by atoms with Crippen molar-refractivity contribution in [3.05, 3.63) is 59.0 Å². The molecule has 9 nitrogen and oxygen atoms in total. The summed E-state index contributed by atoms with van der Waals surface area (Å²) in [6, 6.07) is 12.4. The molecule has 0 saturated heterocycles. The first-order chi connectivity index (χ1) is 17.3. The van der Waals surface area contributed by atoms with Crippen molar-refractivity contribution in [2.45, 2.75) is 25.0 Å². The van der Waals surface area contributed by atoms with E-state index in [1.807, 2.05) is 30.5 Å². The Balaban J connectivity index is 1.56. The van der Waals surface area contributed by atoms with Crippen molar-refractivity contribution in [3.63, 3.8) is 0 Å². The van der Waals surface area contributed by atoms with Crippen molar-refractivity contribution >= 4 is 56.7 Å². The van der Waals surface area contributed by atoms with E-state index in [1.165, 1.54) is 44.2 Å². The van der Waals surface area contributed by atoms with Crippen LogP contribution in [0, 0.1) is 0 Å². The quantitative estimate of drug-likeness (QED) is 0.252. The lowest BCUT2D eigenvalue weighted by molar-refractivity contribution is -0.113. The minimum absolute atomic E-state index is 0.0122. The molecule has 36 heavy (non-hydrogen) atoms. The van der Waals surface area contributed by atoms with Crippen molar-refractivity contribution < 1.29 is 23.9 Å². The molecule has 0 radical (unpaired) electrons. The van der Waals surface area contributed by atoms with Crippen LogP contribution in [0.5, 0.6) is 0 Å². The largest absolute Gasteiger partial charge is 0.465 e. The van der Waals surface area contributed by atoms with Gasteiger partial charge in [0.05, 0.1) is 36.8 Å². The van der Waals surface area contributed by atoms with Crippen LogP contribution < -0.4 is 5.32 Å². The molecule has 1 N–H and O–H groups in total. The molecule has 4 rings (SSSR count). The number of nitrogens with one attached hydrogen (secondary N) is 1. The normalized spacial score (nSPS) is 11.0. The average molecular weight is 525 g/mol. The Kier molecular flexibility index (Phi) is 7.70. The summed E-state index contributed by atoms with van der Waals surface area (Å²) >= 11 is 2.88. The third kappa shape index (κ3) is 5.12. The summed E-state index contributed by atoms with van der Waals surface area (Å²) in [5, 5.41) is 15.3. The summed E-state index contributed by atoms with van der Waals surface area (Å²) in [7, 11) is 2.49. The van der Waals surface area contributed by atoms with Crippen molar-refractivity contribution in [1.29, 1.82) is 0 Å². The standard InChI is InChI=1S/C25H24N4O5S2/c1-14(2)29-22(18-12-35-20-8-6-5-7-16(18)20)27-28-25(29)36-13-21(30)26-19-11-15(23(31)33-3)9-10-17(19)24(32)34-4/h5-12,14H,13H2,1-4H3,(H,26,30). The second-order valence-corrected chi connectivity index (χ2v) is 9.85. The fourth-order valence-corrected chi connectivity index (χ4v) is 5.48. The molecule has 4 aromatic rings. The molecule has 2 aromatic carbocycles. The summed E-state index contributed by atoms with van der Waals surface area (Å²) in [5.74, 6) is -0.855. The van der Waals surface area contributed by atoms with Gasteiger partial charge in [0, 0.05) is 27.1 Å². The van der Waals surface area contributed by atoms with Gasteiger partial charge in [-0.05, 0) is 38.1 Å². The number of hydrogen-bond donors (Lipinski definition) is 1. The number of aromatic nitrogens is 3. The lowest BCUT2D eigenvalue weighted by Gasteiger charge is -2.14.